The van der Waals surface area contributed by atoms with E-state index in [0.29, 0.717) is 49.2 Å². The van der Waals surface area contributed by atoms with Gasteiger partial charge in [0.2, 0.25) is 23.6 Å². The Morgan fingerprint density at radius 1 is 0.426 bits per heavy atom. The smallest absolute Gasteiger partial charge is 0.407 e. The number of alkyl carbamates (subject to hydrolysis) is 4. The molecule has 30 heteroatoms. The number of imidazole rings is 4. The van der Waals surface area contributed by atoms with Gasteiger partial charge in [0.15, 0.2) is 0 Å². The number of benzene rings is 4. The molecule has 0 saturated carbocycles. The second-order valence-electron chi connectivity index (χ2n) is 29.6. The van der Waals surface area contributed by atoms with Crippen LogP contribution in [-0.2, 0) is 38.1 Å². The summed E-state index contributed by atoms with van der Waals surface area (Å²) in [5, 5.41) is 10.7. The minimum atomic E-state index is -1.00. The summed E-state index contributed by atoms with van der Waals surface area (Å²) in [7, 11) is 4.14. The Labute approximate surface area is 680 Å². The monoisotopic (exact) mass is 1640 g/mol. The number of nitrogens with zero attached hydrogens (tertiary/aromatic N) is 8. The first-order valence-corrected chi connectivity index (χ1v) is 39.2. The second kappa shape index (κ2) is 41.3. The van der Waals surface area contributed by atoms with E-state index in [2.05, 4.69) is 148 Å². The van der Waals surface area contributed by atoms with Crippen molar-refractivity contribution in [2.75, 3.05) is 61.8 Å². The van der Waals surface area contributed by atoms with Crippen LogP contribution in [0.1, 0.15) is 173 Å². The fourth-order valence-corrected chi connectivity index (χ4v) is 14.7. The first kappa shape index (κ1) is 85.6. The molecule has 12 rings (SSSR count). The van der Waals surface area contributed by atoms with Crippen molar-refractivity contribution in [3.63, 3.8) is 0 Å². The zero-order valence-electron chi connectivity index (χ0n) is 68.0. The van der Waals surface area contributed by atoms with Gasteiger partial charge in [-0.05, 0) is 139 Å². The molecule has 4 aliphatic heterocycles. The van der Waals surface area contributed by atoms with Crippen LogP contribution in [0.2, 0.25) is 0 Å². The fraction of sp³-hybridized carbons (Fsp3) is 0.435. The second-order valence-corrected chi connectivity index (χ2v) is 30.5. The zero-order chi connectivity index (χ0) is 83.9. The van der Waals surface area contributed by atoms with Gasteiger partial charge >= 0.3 is 24.4 Å². The highest BCUT2D eigenvalue weighted by atomic mass is 79.9. The first-order valence-electron chi connectivity index (χ1n) is 39.1. The minimum absolute atomic E-state index is 0.0549. The molecule has 8 aromatic rings. The van der Waals surface area contributed by atoms with E-state index >= 15 is 0 Å². The van der Waals surface area contributed by atoms with Crippen molar-refractivity contribution < 1.29 is 63.1 Å². The Balaban J connectivity index is 0.000000216. The quantitative estimate of drug-likeness (QED) is 0.0260. The summed E-state index contributed by atoms with van der Waals surface area (Å²) < 4.78 is 35.4. The molecule has 28 nitrogen and oxygen atoms in total. The summed E-state index contributed by atoms with van der Waals surface area (Å²) in [6, 6.07) is 29.4. The molecule has 0 spiro atoms. The number of hydrogen-bond donors (Lipinski definition) is 8. The molecular weight excluding hydrogens is 1540 g/mol. The molecule has 4 aliphatic rings. The highest BCUT2D eigenvalue weighted by molar-refractivity contribution is 9.10. The van der Waals surface area contributed by atoms with Gasteiger partial charge in [-0.25, -0.2) is 39.1 Å². The summed E-state index contributed by atoms with van der Waals surface area (Å²) in [6.45, 7) is 17.6. The van der Waals surface area contributed by atoms with E-state index in [4.69, 9.17) is 22.0 Å². The number of halogens is 2. The third-order valence-corrected chi connectivity index (χ3v) is 21.2. The van der Waals surface area contributed by atoms with E-state index in [9.17, 15) is 42.7 Å². The van der Waals surface area contributed by atoms with E-state index in [-0.39, 0.29) is 71.5 Å². The van der Waals surface area contributed by atoms with E-state index in [1.807, 2.05) is 115 Å². The lowest BCUT2D eigenvalue weighted by Gasteiger charge is -2.30. The third kappa shape index (κ3) is 22.2. The number of H-pyrrole nitrogens is 4. The Morgan fingerprint density at radius 3 is 0.974 bits per heavy atom. The molecule has 4 aromatic heterocycles. The highest BCUT2D eigenvalue weighted by Crippen LogP contribution is 2.38. The number of likely N-dealkylation sites (tertiary alicyclic amines) is 4. The van der Waals surface area contributed by atoms with Crippen molar-refractivity contribution in [3.05, 3.63) is 167 Å². The molecular formula is C85H104BrFN16O12. The maximum atomic E-state index is 13.5. The van der Waals surface area contributed by atoms with Gasteiger partial charge in [0.25, 0.3) is 0 Å². The van der Waals surface area contributed by atoms with E-state index < -0.39 is 55.7 Å². The van der Waals surface area contributed by atoms with Crippen LogP contribution in [-0.4, -0.2) is 193 Å². The van der Waals surface area contributed by atoms with Crippen molar-refractivity contribution >= 4 is 63.9 Å². The lowest BCUT2D eigenvalue weighted by Crippen LogP contribution is -2.51. The highest BCUT2D eigenvalue weighted by Gasteiger charge is 2.42. The van der Waals surface area contributed by atoms with Gasteiger partial charge in [0, 0.05) is 36.2 Å². The summed E-state index contributed by atoms with van der Waals surface area (Å²) in [5.74, 6) is 10.8. The number of aromatic amines is 4. The molecule has 4 aromatic carbocycles. The molecule has 8 heterocycles. The standard InChI is InChI=1S/C42H50N8O6.C26H29BrN4O3.C16H22N4O3.CH3F/c1-25(2)35(47-41(53)55-5)39(51)49-21-7-9-33(49)37-43-23-31(45-37)20-13-27-11-14-28(15-12-27)29-16-18-30(19-17-29)32-24-44-38(46-32)34-10-8-22-50(34)40(52)36(26(3)4)48-42(54)56-6;1-16(2)23(30-26(33)34-3)25(32)31-14-4-5-22(31)24-28-15-21(29-24)19-8-6-17(7-9-19)18-10-12-20(27)13-11-18;1-5-11-9-17-14(18-11)12-7-6-8-20(12)15(21)13(10(2)3)19-16(22)23-4;1-2/h11-12,14-19,23-26,33-36H,7-10,21-22H2,1-6H3,(H,43,45)(H,44,46)(H,47,53)(H,48,54);6-13,15-16,22-23H,4-5,14H2,1-3H3,(H,28,29)(H,30,33);1,9-10,12-13H,6-8H2,2-4H3,(H,17,18)(H,19,22);1H3/t33-,34-,35-,36-;22-,23-;12-,13-;/m000./s1/i;;;1D. The van der Waals surface area contributed by atoms with Crippen molar-refractivity contribution in [1.29, 1.82) is 0 Å². The van der Waals surface area contributed by atoms with Gasteiger partial charge in [0.05, 0.1) is 97.3 Å². The van der Waals surface area contributed by atoms with Crippen LogP contribution in [0.5, 0.6) is 0 Å². The first-order chi connectivity index (χ1) is 55.7. The predicted octanol–water partition coefficient (Wildman–Crippen LogP) is 13.5. The molecule has 0 bridgehead atoms. The van der Waals surface area contributed by atoms with Crippen LogP contribution in [0.25, 0.3) is 44.8 Å². The average Bonchev–Trinajstić information content (AvgIpc) is 1.66. The van der Waals surface area contributed by atoms with Gasteiger partial charge in [-0.1, -0.05) is 156 Å². The number of carbonyl (C=O) groups excluding carboxylic acids is 8. The predicted molar refractivity (Wildman–Crippen MR) is 436 cm³/mol. The van der Waals surface area contributed by atoms with E-state index in [1.165, 1.54) is 28.4 Å². The fourth-order valence-electron chi connectivity index (χ4n) is 14.4. The van der Waals surface area contributed by atoms with Gasteiger partial charge in [-0.3, -0.25) is 23.6 Å². The summed E-state index contributed by atoms with van der Waals surface area (Å²) in [5.41, 5.74) is 10.2. The zero-order valence-corrected chi connectivity index (χ0v) is 68.6. The molecule has 8 amide bonds. The van der Waals surface area contributed by atoms with Crippen LogP contribution in [0.3, 0.4) is 0 Å². The van der Waals surface area contributed by atoms with E-state index in [1.54, 1.807) is 33.3 Å². The maximum absolute atomic E-state index is 13.5. The Bertz CT molecular complexity index is 4740. The maximum Gasteiger partial charge on any atom is 0.407 e. The number of terminal acetylenes is 1. The van der Waals surface area contributed by atoms with Crippen LogP contribution >= 0.6 is 15.9 Å². The van der Waals surface area contributed by atoms with Gasteiger partial charge < -0.3 is 79.8 Å². The third-order valence-electron chi connectivity index (χ3n) is 20.6. The number of alkyl halides is 1. The van der Waals surface area contributed by atoms with Gasteiger partial charge in [-0.15, -0.1) is 6.42 Å². The normalized spacial score (nSPS) is 17.3. The molecule has 8 atom stereocenters. The minimum Gasteiger partial charge on any atom is -0.453 e. The molecule has 0 unspecified atom stereocenters. The molecule has 4 fully saturated rings. The number of rotatable bonds is 20. The number of carbonyl (C=O) groups is 8. The van der Waals surface area contributed by atoms with Gasteiger partial charge in [0.1, 0.15) is 58.9 Å². The molecule has 610 valence electrons. The largest absolute Gasteiger partial charge is 0.453 e. The summed E-state index contributed by atoms with van der Waals surface area (Å²) in [4.78, 5) is 139. The van der Waals surface area contributed by atoms with Crippen LogP contribution in [0.4, 0.5) is 23.6 Å². The van der Waals surface area contributed by atoms with Crippen molar-refractivity contribution in [2.45, 2.75) is 155 Å². The van der Waals surface area contributed by atoms with Crippen molar-refractivity contribution in [1.82, 2.24) is 80.7 Å². The summed E-state index contributed by atoms with van der Waals surface area (Å²) in [6.07, 6.45) is 16.4. The SMILES string of the molecule is C#Cc1cnc([C@@H]2CCCN2C(=O)[C@@H](NC(=O)OC)C(C)C)[nH]1.COC(=O)N[C@H](C(=O)N1CCC[C@H]1c1ncc(-c2ccc(-c3ccc(Br)cc3)cc2)[nH]1)C(C)C.COC(=O)N[C@H](C(=O)N1CCC[C@H]1c1ncc(C#Cc2ccc(-c3ccc(-c4cnc([C@@H]5CCCN5C(=O)[C@@H](NC(=O)OC)C(C)C)[nH]4)cc3)cc2)[nH]1)C(C)C.[2H]CF. The average molecular weight is 1640 g/mol. The van der Waals surface area contributed by atoms with Crippen molar-refractivity contribution in [3.8, 4) is 69.0 Å². The molecule has 0 radical (unpaired) electrons. The lowest BCUT2D eigenvalue weighted by molar-refractivity contribution is -0.136. The number of methoxy groups -OCH3 is 4. The number of amides is 8. The van der Waals surface area contributed by atoms with Crippen LogP contribution in [0, 0.1) is 47.9 Å². The summed E-state index contributed by atoms with van der Waals surface area (Å²) >= 11 is 3.47. The topological polar surface area (TPSA) is 349 Å². The number of ether oxygens (including phenoxy) is 4. The van der Waals surface area contributed by atoms with Crippen molar-refractivity contribution in [2.24, 2.45) is 23.7 Å². The van der Waals surface area contributed by atoms with E-state index in [0.717, 1.165) is 118 Å². The Kier molecular flexibility index (Phi) is 30.8. The van der Waals surface area contributed by atoms with Gasteiger partial charge in [-0.2, -0.15) is 0 Å². The molecule has 8 N–H and O–H groups in total. The van der Waals surface area contributed by atoms with Crippen LogP contribution in [0.15, 0.2) is 126 Å². The Morgan fingerprint density at radius 2 is 0.687 bits per heavy atom. The molecule has 0 aliphatic carbocycles. The molecule has 4 saturated heterocycles. The number of nitrogens with one attached hydrogen (secondary N) is 8. The molecule has 115 heavy (non-hydrogen) atoms. The Hall–Kier alpha value is -11.8. The number of hydrogen-bond acceptors (Lipinski definition) is 16. The lowest BCUT2D eigenvalue weighted by atomic mass is 10.0. The van der Waals surface area contributed by atoms with Crippen LogP contribution < -0.4 is 21.3 Å². The number of aromatic nitrogens is 8.